The summed E-state index contributed by atoms with van der Waals surface area (Å²) >= 11 is 0. The van der Waals surface area contributed by atoms with Crippen LogP contribution >= 0.6 is 0 Å². The van der Waals surface area contributed by atoms with Gasteiger partial charge in [-0.3, -0.25) is 9.67 Å². The van der Waals surface area contributed by atoms with Gasteiger partial charge in [-0.05, 0) is 50.8 Å². The van der Waals surface area contributed by atoms with E-state index in [2.05, 4.69) is 26.8 Å². The molecule has 1 saturated carbocycles. The van der Waals surface area contributed by atoms with E-state index >= 15 is 0 Å². The summed E-state index contributed by atoms with van der Waals surface area (Å²) in [5.41, 5.74) is 2.05. The Kier molecular flexibility index (Phi) is 6.19. The lowest BCUT2D eigenvalue weighted by atomic mass is 9.94. The van der Waals surface area contributed by atoms with E-state index in [1.54, 1.807) is 13.1 Å². The molecule has 0 saturated heterocycles. The fourth-order valence-electron chi connectivity index (χ4n) is 3.55. The van der Waals surface area contributed by atoms with Crippen molar-refractivity contribution >= 4 is 5.96 Å². The molecule has 0 unspecified atom stereocenters. The molecular weight excluding hydrogens is 379 g/mol. The van der Waals surface area contributed by atoms with Crippen LogP contribution in [0.2, 0.25) is 0 Å². The van der Waals surface area contributed by atoms with Crippen LogP contribution in [0, 0.1) is 13.8 Å². The fourth-order valence-corrected chi connectivity index (χ4v) is 3.55. The molecule has 0 atom stereocenters. The lowest BCUT2D eigenvalue weighted by molar-refractivity contribution is -0.137. The highest BCUT2D eigenvalue weighted by Gasteiger charge is 2.45. The molecule has 1 aromatic carbocycles. The normalized spacial score (nSPS) is 16.0. The molecule has 0 bridgehead atoms. The van der Waals surface area contributed by atoms with Gasteiger partial charge in [-0.25, -0.2) is 0 Å². The molecule has 158 valence electrons. The third-order valence-corrected chi connectivity index (χ3v) is 5.42. The van der Waals surface area contributed by atoms with E-state index in [0.29, 0.717) is 12.5 Å². The highest BCUT2D eigenvalue weighted by Crippen LogP contribution is 2.48. The smallest absolute Gasteiger partial charge is 0.356 e. The summed E-state index contributed by atoms with van der Waals surface area (Å²) in [7, 11) is 1.69. The van der Waals surface area contributed by atoms with Gasteiger partial charge >= 0.3 is 6.18 Å². The first-order chi connectivity index (χ1) is 13.7. The first kappa shape index (κ1) is 21.2. The van der Waals surface area contributed by atoms with Gasteiger partial charge in [-0.15, -0.1) is 0 Å². The molecule has 29 heavy (non-hydrogen) atoms. The minimum Gasteiger partial charge on any atom is -0.356 e. The monoisotopic (exact) mass is 407 g/mol. The minimum atomic E-state index is -4.32. The van der Waals surface area contributed by atoms with Crippen LogP contribution in [0.5, 0.6) is 0 Å². The molecule has 1 fully saturated rings. The molecule has 8 heteroatoms. The summed E-state index contributed by atoms with van der Waals surface area (Å²) in [4.78, 5) is 4.23. The Balaban J connectivity index is 1.50. The Morgan fingerprint density at radius 3 is 2.55 bits per heavy atom. The number of alkyl halides is 3. The van der Waals surface area contributed by atoms with Gasteiger partial charge in [0.2, 0.25) is 0 Å². The number of benzene rings is 1. The number of nitrogens with one attached hydrogen (secondary N) is 2. The molecule has 2 aromatic rings. The van der Waals surface area contributed by atoms with Crippen molar-refractivity contribution in [2.45, 2.75) is 51.2 Å². The zero-order valence-corrected chi connectivity index (χ0v) is 17.1. The van der Waals surface area contributed by atoms with E-state index in [-0.39, 0.29) is 5.41 Å². The first-order valence-electron chi connectivity index (χ1n) is 9.87. The number of aryl methyl sites for hydroxylation is 3. The second-order valence-corrected chi connectivity index (χ2v) is 7.72. The van der Waals surface area contributed by atoms with Crippen LogP contribution < -0.4 is 10.6 Å². The largest absolute Gasteiger partial charge is 0.416 e. The minimum absolute atomic E-state index is 0.247. The Morgan fingerprint density at radius 1 is 1.21 bits per heavy atom. The summed E-state index contributed by atoms with van der Waals surface area (Å²) in [5, 5.41) is 11.0. The number of guanidine groups is 1. The Hall–Kier alpha value is -2.51. The zero-order valence-electron chi connectivity index (χ0n) is 17.1. The van der Waals surface area contributed by atoms with Crippen molar-refractivity contribution in [2.75, 3.05) is 20.1 Å². The van der Waals surface area contributed by atoms with Crippen molar-refractivity contribution in [3.05, 3.63) is 52.8 Å². The number of rotatable bonds is 7. The van der Waals surface area contributed by atoms with Gasteiger partial charge in [0.1, 0.15) is 0 Å². The van der Waals surface area contributed by atoms with E-state index in [9.17, 15) is 13.2 Å². The van der Waals surface area contributed by atoms with Crippen molar-refractivity contribution in [1.82, 2.24) is 20.4 Å². The predicted octanol–water partition coefficient (Wildman–Crippen LogP) is 3.81. The van der Waals surface area contributed by atoms with Gasteiger partial charge < -0.3 is 10.6 Å². The van der Waals surface area contributed by atoms with Crippen LogP contribution in [0.3, 0.4) is 0 Å². The van der Waals surface area contributed by atoms with Crippen molar-refractivity contribution < 1.29 is 13.2 Å². The molecule has 1 aliphatic rings. The summed E-state index contributed by atoms with van der Waals surface area (Å²) in [6.07, 6.45) is -1.68. The first-order valence-corrected chi connectivity index (χ1v) is 9.87. The fraction of sp³-hybridized carbons (Fsp3) is 0.524. The van der Waals surface area contributed by atoms with Crippen molar-refractivity contribution in [2.24, 2.45) is 4.99 Å². The lowest BCUT2D eigenvalue weighted by Crippen LogP contribution is -2.41. The van der Waals surface area contributed by atoms with Gasteiger partial charge in [0.05, 0.1) is 11.3 Å². The van der Waals surface area contributed by atoms with E-state index < -0.39 is 11.7 Å². The number of nitrogens with zero attached hydrogens (tertiary/aromatic N) is 3. The average molecular weight is 407 g/mol. The Morgan fingerprint density at radius 2 is 1.97 bits per heavy atom. The number of hydrogen-bond acceptors (Lipinski definition) is 2. The summed E-state index contributed by atoms with van der Waals surface area (Å²) in [6, 6.07) is 7.73. The van der Waals surface area contributed by atoms with Gasteiger partial charge in [-0.2, -0.15) is 18.3 Å². The number of hydrogen-bond donors (Lipinski definition) is 2. The second-order valence-electron chi connectivity index (χ2n) is 7.72. The molecule has 0 amide bonds. The van der Waals surface area contributed by atoms with Gasteiger partial charge in [0.25, 0.3) is 0 Å². The van der Waals surface area contributed by atoms with E-state index in [1.165, 1.54) is 12.1 Å². The van der Waals surface area contributed by atoms with Crippen LogP contribution in [0.15, 0.2) is 35.3 Å². The molecule has 0 radical (unpaired) electrons. The maximum Gasteiger partial charge on any atom is 0.416 e. The number of aromatic nitrogens is 2. The quantitative estimate of drug-likeness (QED) is 0.417. The standard InChI is InChI=1S/C21H28F3N5/c1-15-12-16(2)29(28-15)11-5-10-26-19(25-3)27-14-20(8-9-20)17-6-4-7-18(13-17)21(22,23)24/h4,6-7,12-13H,5,8-11,14H2,1-3H3,(H2,25,26,27). The van der Waals surface area contributed by atoms with Gasteiger partial charge in [0.15, 0.2) is 5.96 Å². The van der Waals surface area contributed by atoms with Crippen molar-refractivity contribution in [3.63, 3.8) is 0 Å². The Labute approximate surface area is 169 Å². The Bertz CT molecular complexity index is 865. The predicted molar refractivity (Wildman–Crippen MR) is 108 cm³/mol. The second kappa shape index (κ2) is 8.47. The van der Waals surface area contributed by atoms with Gasteiger partial charge in [-0.1, -0.05) is 18.2 Å². The number of aliphatic imine (C=N–C) groups is 1. The van der Waals surface area contributed by atoms with Crippen molar-refractivity contribution in [3.8, 4) is 0 Å². The van der Waals surface area contributed by atoms with E-state index in [0.717, 1.165) is 55.4 Å². The highest BCUT2D eigenvalue weighted by molar-refractivity contribution is 5.79. The van der Waals surface area contributed by atoms with Gasteiger partial charge in [0, 0.05) is 37.8 Å². The molecule has 1 aromatic heterocycles. The van der Waals surface area contributed by atoms with Crippen LogP contribution in [-0.2, 0) is 18.1 Å². The average Bonchev–Trinajstić information content (AvgIpc) is 3.40. The van der Waals surface area contributed by atoms with Crippen LogP contribution in [0.1, 0.15) is 41.8 Å². The number of halogens is 3. The third kappa shape index (κ3) is 5.31. The molecule has 5 nitrogen and oxygen atoms in total. The molecule has 3 rings (SSSR count). The van der Waals surface area contributed by atoms with E-state index in [1.807, 2.05) is 18.5 Å². The van der Waals surface area contributed by atoms with Crippen molar-refractivity contribution in [1.29, 1.82) is 0 Å². The summed E-state index contributed by atoms with van der Waals surface area (Å²) in [6.45, 7) is 6.13. The molecule has 1 aliphatic carbocycles. The maximum absolute atomic E-state index is 13.0. The summed E-state index contributed by atoms with van der Waals surface area (Å²) in [5.74, 6) is 0.664. The topological polar surface area (TPSA) is 54.2 Å². The molecule has 1 heterocycles. The lowest BCUT2D eigenvalue weighted by Gasteiger charge is -2.20. The van der Waals surface area contributed by atoms with Crippen LogP contribution in [-0.4, -0.2) is 35.9 Å². The maximum atomic E-state index is 13.0. The van der Waals surface area contributed by atoms with E-state index in [4.69, 9.17) is 0 Å². The van der Waals surface area contributed by atoms with Crippen LogP contribution in [0.25, 0.3) is 0 Å². The molecular formula is C21H28F3N5. The zero-order chi connectivity index (χ0) is 21.1. The molecule has 2 N–H and O–H groups in total. The molecule has 0 spiro atoms. The SMILES string of the molecule is CN=C(NCCCn1nc(C)cc1C)NCC1(c2cccc(C(F)(F)F)c2)CC1. The third-order valence-electron chi connectivity index (χ3n) is 5.42. The highest BCUT2D eigenvalue weighted by atomic mass is 19.4. The van der Waals surface area contributed by atoms with Crippen LogP contribution in [0.4, 0.5) is 13.2 Å². The summed E-state index contributed by atoms with van der Waals surface area (Å²) < 4.78 is 41.0. The molecule has 0 aliphatic heterocycles.